The topological polar surface area (TPSA) is 158 Å². The van der Waals surface area contributed by atoms with Crippen LogP contribution in [0, 0.1) is 0 Å². The van der Waals surface area contributed by atoms with Gasteiger partial charge < -0.3 is 19.1 Å². The van der Waals surface area contributed by atoms with Gasteiger partial charge in [0, 0.05) is 6.20 Å². The molecule has 228 valence electrons. The van der Waals surface area contributed by atoms with Crippen LogP contribution in [0.25, 0.3) is 10.8 Å². The fraction of sp³-hybridized carbons (Fsp3) is 0.423. The van der Waals surface area contributed by atoms with Crippen LogP contribution in [-0.4, -0.2) is 57.0 Å². The average Bonchev–Trinajstić information content (AvgIpc) is 3.09. The van der Waals surface area contributed by atoms with Gasteiger partial charge >= 0.3 is 19.4 Å². The Morgan fingerprint density at radius 2 is 1.88 bits per heavy atom. The Hall–Kier alpha value is -2.94. The van der Waals surface area contributed by atoms with E-state index in [0.717, 1.165) is 18.5 Å². The molecule has 12 nitrogen and oxygen atoms in total. The molecule has 1 saturated heterocycles. The first kappa shape index (κ1) is 32.0. The number of aromatic nitrogens is 2. The second-order valence-electron chi connectivity index (χ2n) is 10.2. The minimum Gasteiger partial charge on any atom is -0.462 e. The third kappa shape index (κ3) is 6.66. The van der Waals surface area contributed by atoms with E-state index >= 15 is 8.78 Å². The van der Waals surface area contributed by atoms with Gasteiger partial charge in [0.1, 0.15) is 18.4 Å². The van der Waals surface area contributed by atoms with Gasteiger partial charge in [0.05, 0.1) is 10.6 Å². The Bertz CT molecular complexity index is 1650. The quantitative estimate of drug-likeness (QED) is 0.213. The fourth-order valence-electron chi connectivity index (χ4n) is 4.25. The maximum absolute atomic E-state index is 16.1. The number of fused-ring (bicyclic) bond motifs is 1. The number of nitrogens with one attached hydrogen (secondary N) is 2. The summed E-state index contributed by atoms with van der Waals surface area (Å²) in [7, 11) is -4.68. The highest BCUT2D eigenvalue weighted by Gasteiger charge is 2.65. The molecule has 1 fully saturated rings. The fourth-order valence-corrected chi connectivity index (χ4v) is 6.07. The molecule has 0 spiro atoms. The molecule has 16 heteroatoms. The molecular formula is C26H29BrF2N3O9P. The zero-order valence-electron chi connectivity index (χ0n) is 22.9. The predicted octanol–water partition coefficient (Wildman–Crippen LogP) is 3.87. The lowest BCUT2D eigenvalue weighted by Crippen LogP contribution is -2.48. The van der Waals surface area contributed by atoms with Crippen LogP contribution in [0.4, 0.5) is 8.78 Å². The van der Waals surface area contributed by atoms with Crippen LogP contribution in [0.5, 0.6) is 5.75 Å². The number of esters is 1. The number of benzene rings is 2. The van der Waals surface area contributed by atoms with Crippen molar-refractivity contribution in [2.75, 3.05) is 6.61 Å². The molecule has 2 aromatic carbocycles. The van der Waals surface area contributed by atoms with Crippen LogP contribution in [0.3, 0.4) is 0 Å². The summed E-state index contributed by atoms with van der Waals surface area (Å²) in [5.41, 5.74) is -4.91. The van der Waals surface area contributed by atoms with E-state index in [1.54, 1.807) is 32.0 Å². The standard InChI is InChI=1S/C26H29BrF2N3O9P/c1-14(2)39-21(34)15(3)31-42(37,41-18-10-9-16-7-5-6-8-17(16)11-18)38-13-26(29)22(35)25(4,28)23(40-26)32-12-19(27)20(33)30-24(32)36/h5-12,14-15,22-23,35H,13H2,1-4H3,(H,31,37)(H,30,33,36)/t15-,22-,23+,25+,26+,42-/m0/s1. The molecule has 4 rings (SSSR count). The summed E-state index contributed by atoms with van der Waals surface area (Å²) >= 11 is 2.90. The number of hydrogen-bond acceptors (Lipinski definition) is 9. The lowest BCUT2D eigenvalue weighted by atomic mass is 9.97. The summed E-state index contributed by atoms with van der Waals surface area (Å²) in [5.74, 6) is -4.17. The van der Waals surface area contributed by atoms with Crippen molar-refractivity contribution in [2.45, 2.75) is 63.7 Å². The summed E-state index contributed by atoms with van der Waals surface area (Å²) in [6.07, 6.45) is -4.27. The largest absolute Gasteiger partial charge is 0.462 e. The van der Waals surface area contributed by atoms with E-state index in [0.29, 0.717) is 9.95 Å². The third-order valence-electron chi connectivity index (χ3n) is 6.35. The molecule has 1 aliphatic heterocycles. The van der Waals surface area contributed by atoms with Gasteiger partial charge in [-0.25, -0.2) is 18.1 Å². The Balaban J connectivity index is 1.63. The molecule has 1 aliphatic rings. The second-order valence-corrected chi connectivity index (χ2v) is 12.7. The lowest BCUT2D eigenvalue weighted by Gasteiger charge is -2.28. The molecule has 0 bridgehead atoms. The van der Waals surface area contributed by atoms with Crippen molar-refractivity contribution in [3.05, 3.63) is 74.0 Å². The van der Waals surface area contributed by atoms with Gasteiger partial charge in [-0.2, -0.15) is 5.09 Å². The van der Waals surface area contributed by atoms with Crippen LogP contribution in [0.1, 0.15) is 33.9 Å². The molecule has 1 aromatic heterocycles. The monoisotopic (exact) mass is 675 g/mol. The number of aromatic amines is 1. The van der Waals surface area contributed by atoms with Gasteiger partial charge in [0.15, 0.2) is 18.0 Å². The van der Waals surface area contributed by atoms with E-state index < -0.39 is 67.6 Å². The summed E-state index contributed by atoms with van der Waals surface area (Å²) < 4.78 is 67.2. The van der Waals surface area contributed by atoms with Gasteiger partial charge in [0.25, 0.3) is 11.4 Å². The summed E-state index contributed by atoms with van der Waals surface area (Å²) in [5, 5.41) is 14.5. The number of alkyl halides is 2. The van der Waals surface area contributed by atoms with E-state index in [2.05, 4.69) is 21.0 Å². The highest BCUT2D eigenvalue weighted by molar-refractivity contribution is 9.10. The third-order valence-corrected chi connectivity index (χ3v) is 8.53. The van der Waals surface area contributed by atoms with E-state index in [-0.39, 0.29) is 10.2 Å². The number of hydrogen-bond donors (Lipinski definition) is 3. The Morgan fingerprint density at radius 3 is 2.55 bits per heavy atom. The number of aliphatic hydroxyl groups is 1. The van der Waals surface area contributed by atoms with Crippen LogP contribution in [0.2, 0.25) is 0 Å². The number of rotatable bonds is 10. The van der Waals surface area contributed by atoms with Crippen LogP contribution < -0.4 is 20.9 Å². The Morgan fingerprint density at radius 1 is 1.21 bits per heavy atom. The van der Waals surface area contributed by atoms with Crippen molar-refractivity contribution in [1.29, 1.82) is 0 Å². The lowest BCUT2D eigenvalue weighted by molar-refractivity contribution is -0.204. The molecule has 0 saturated carbocycles. The number of H-pyrrole nitrogens is 1. The minimum atomic E-state index is -4.68. The van der Waals surface area contributed by atoms with Crippen molar-refractivity contribution in [2.24, 2.45) is 0 Å². The molecule has 0 aliphatic carbocycles. The van der Waals surface area contributed by atoms with Crippen molar-refractivity contribution in [3.63, 3.8) is 0 Å². The van der Waals surface area contributed by atoms with E-state index in [1.807, 2.05) is 17.1 Å². The maximum Gasteiger partial charge on any atom is 0.459 e. The van der Waals surface area contributed by atoms with Gasteiger partial charge in [0.2, 0.25) is 0 Å². The number of aliphatic hydroxyl groups excluding tert-OH is 1. The summed E-state index contributed by atoms with van der Waals surface area (Å²) in [6.45, 7) is 3.94. The smallest absolute Gasteiger partial charge is 0.459 e. The maximum atomic E-state index is 16.1. The van der Waals surface area contributed by atoms with Crippen molar-refractivity contribution >= 4 is 40.4 Å². The number of carbonyl (C=O) groups is 1. The Kier molecular flexibility index (Phi) is 9.12. The number of carbonyl (C=O) groups excluding carboxylic acids is 1. The predicted molar refractivity (Wildman–Crippen MR) is 150 cm³/mol. The first-order valence-electron chi connectivity index (χ1n) is 12.7. The number of ether oxygens (including phenoxy) is 2. The SMILES string of the molecule is CC(C)OC(=O)[C@H](C)N[P@](=O)(OC[C@@]1(F)O[C@@H](n2cc(Br)c(=O)[nH]c2=O)[C@](C)(F)[C@@H]1O)Oc1ccc2ccccc2c1. The zero-order chi connectivity index (χ0) is 31.0. The van der Waals surface area contributed by atoms with E-state index in [1.165, 1.54) is 19.1 Å². The van der Waals surface area contributed by atoms with Gasteiger partial charge in [-0.1, -0.05) is 30.3 Å². The molecule has 6 atom stereocenters. The van der Waals surface area contributed by atoms with E-state index in [9.17, 15) is 24.1 Å². The normalized spacial score (nSPS) is 26.2. The molecular weight excluding hydrogens is 647 g/mol. The van der Waals surface area contributed by atoms with Gasteiger partial charge in [-0.05, 0) is 66.5 Å². The van der Waals surface area contributed by atoms with E-state index in [4.69, 9.17) is 18.5 Å². The highest BCUT2D eigenvalue weighted by atomic mass is 79.9. The number of nitrogens with zero attached hydrogens (tertiary/aromatic N) is 1. The molecule has 3 aromatic rings. The highest BCUT2D eigenvalue weighted by Crippen LogP contribution is 2.51. The second kappa shape index (κ2) is 12.0. The van der Waals surface area contributed by atoms with Crippen molar-refractivity contribution in [3.8, 4) is 5.75 Å². The molecule has 42 heavy (non-hydrogen) atoms. The van der Waals surface area contributed by atoms with Crippen LogP contribution in [-0.2, 0) is 23.4 Å². The van der Waals surface area contributed by atoms with Gasteiger partial charge in [-0.3, -0.25) is 23.7 Å². The first-order chi connectivity index (χ1) is 19.5. The summed E-state index contributed by atoms with van der Waals surface area (Å²) in [6, 6.07) is 10.6. The number of halogens is 3. The molecule has 2 heterocycles. The first-order valence-corrected chi connectivity index (χ1v) is 15.0. The van der Waals surface area contributed by atoms with Crippen LogP contribution >= 0.6 is 23.7 Å². The summed E-state index contributed by atoms with van der Waals surface area (Å²) in [4.78, 5) is 38.4. The molecule has 3 N–H and O–H groups in total. The molecule has 0 radical (unpaired) electrons. The van der Waals surface area contributed by atoms with Crippen molar-refractivity contribution in [1.82, 2.24) is 14.6 Å². The minimum absolute atomic E-state index is 0.0209. The molecule has 0 unspecified atom stereocenters. The average molecular weight is 676 g/mol. The van der Waals surface area contributed by atoms with Gasteiger partial charge in [-0.15, -0.1) is 0 Å². The zero-order valence-corrected chi connectivity index (χ0v) is 25.4. The van der Waals surface area contributed by atoms with Crippen molar-refractivity contribution < 1.29 is 41.8 Å². The van der Waals surface area contributed by atoms with Crippen LogP contribution in [0.15, 0.2) is 62.7 Å². The Labute approximate surface area is 246 Å². The molecule has 0 amide bonds.